The molecule has 2 aliphatic rings. The molecular weight excluding hydrogens is 348 g/mol. The summed E-state index contributed by atoms with van der Waals surface area (Å²) in [5.41, 5.74) is 2.97. The molecule has 148 valence electrons. The topological polar surface area (TPSA) is 48.5 Å². The van der Waals surface area contributed by atoms with Crippen molar-refractivity contribution in [3.05, 3.63) is 48.2 Å². The van der Waals surface area contributed by atoms with Gasteiger partial charge >= 0.3 is 0 Å². The lowest BCUT2D eigenvalue weighted by Crippen LogP contribution is -2.43. The molecule has 1 amide bonds. The van der Waals surface area contributed by atoms with E-state index in [9.17, 15) is 4.79 Å². The third kappa shape index (κ3) is 4.13. The Balaban J connectivity index is 1.39. The summed E-state index contributed by atoms with van der Waals surface area (Å²) in [6, 6.07) is 12.7. The molecule has 5 nitrogen and oxygen atoms in total. The zero-order valence-electron chi connectivity index (χ0n) is 16.7. The number of hydrogen-bond acceptors (Lipinski definition) is 4. The highest BCUT2D eigenvalue weighted by molar-refractivity contribution is 5.94. The summed E-state index contributed by atoms with van der Waals surface area (Å²) in [5.74, 6) is 0.872. The summed E-state index contributed by atoms with van der Waals surface area (Å²) in [7, 11) is 0. The smallest absolute Gasteiger partial charge is 0.255 e. The minimum Gasteiger partial charge on any atom is -0.372 e. The summed E-state index contributed by atoms with van der Waals surface area (Å²) < 4.78 is 0. The van der Waals surface area contributed by atoms with Crippen LogP contribution in [0.4, 0.5) is 17.2 Å². The number of amides is 1. The van der Waals surface area contributed by atoms with Crippen molar-refractivity contribution in [1.82, 2.24) is 9.88 Å². The zero-order chi connectivity index (χ0) is 19.3. The highest BCUT2D eigenvalue weighted by Gasteiger charge is 2.26. The molecule has 1 N–H and O–H groups in total. The minimum atomic E-state index is 0.112. The molecular formula is C23H30N4O. The van der Waals surface area contributed by atoms with E-state index in [1.54, 1.807) is 6.20 Å². The van der Waals surface area contributed by atoms with E-state index >= 15 is 0 Å². The number of pyridine rings is 1. The van der Waals surface area contributed by atoms with Gasteiger partial charge in [-0.05, 0) is 74.9 Å². The molecule has 28 heavy (non-hydrogen) atoms. The van der Waals surface area contributed by atoms with E-state index in [1.807, 2.05) is 17.0 Å². The molecule has 0 saturated carbocycles. The van der Waals surface area contributed by atoms with Crippen molar-refractivity contribution < 1.29 is 4.79 Å². The Bertz CT molecular complexity index is 781. The van der Waals surface area contributed by atoms with Gasteiger partial charge in [0.2, 0.25) is 0 Å². The van der Waals surface area contributed by atoms with Crippen LogP contribution in [0.25, 0.3) is 0 Å². The Hall–Kier alpha value is -2.56. The van der Waals surface area contributed by atoms with Gasteiger partial charge < -0.3 is 15.1 Å². The van der Waals surface area contributed by atoms with E-state index in [2.05, 4.69) is 46.4 Å². The van der Waals surface area contributed by atoms with Crippen molar-refractivity contribution in [2.75, 3.05) is 29.9 Å². The van der Waals surface area contributed by atoms with Crippen LogP contribution in [0.3, 0.4) is 0 Å². The number of hydrogen-bond donors (Lipinski definition) is 1. The first kappa shape index (κ1) is 18.8. The van der Waals surface area contributed by atoms with Crippen molar-refractivity contribution in [3.63, 3.8) is 0 Å². The largest absolute Gasteiger partial charge is 0.372 e. The van der Waals surface area contributed by atoms with Crippen molar-refractivity contribution in [3.8, 4) is 0 Å². The van der Waals surface area contributed by atoms with Crippen LogP contribution in [0.1, 0.15) is 55.8 Å². The molecule has 1 aromatic carbocycles. The summed E-state index contributed by atoms with van der Waals surface area (Å²) in [6.07, 6.45) is 8.72. The van der Waals surface area contributed by atoms with Gasteiger partial charge in [-0.2, -0.15) is 0 Å². The maximum atomic E-state index is 12.9. The van der Waals surface area contributed by atoms with Crippen LogP contribution in [-0.2, 0) is 0 Å². The van der Waals surface area contributed by atoms with E-state index in [-0.39, 0.29) is 5.91 Å². The van der Waals surface area contributed by atoms with Crippen LogP contribution in [-0.4, -0.2) is 41.5 Å². The third-order valence-electron chi connectivity index (χ3n) is 5.98. The summed E-state index contributed by atoms with van der Waals surface area (Å²) in [5, 5.41) is 3.33. The van der Waals surface area contributed by atoms with E-state index < -0.39 is 0 Å². The average Bonchev–Trinajstić information content (AvgIpc) is 3.29. The molecule has 0 aliphatic carbocycles. The molecule has 0 bridgehead atoms. The van der Waals surface area contributed by atoms with Crippen molar-refractivity contribution in [1.29, 1.82) is 0 Å². The number of benzene rings is 1. The van der Waals surface area contributed by atoms with Gasteiger partial charge in [0, 0.05) is 43.2 Å². The van der Waals surface area contributed by atoms with Gasteiger partial charge in [0.15, 0.2) is 0 Å². The van der Waals surface area contributed by atoms with Crippen LogP contribution in [0.2, 0.25) is 0 Å². The predicted octanol–water partition coefficient (Wildman–Crippen LogP) is 4.83. The van der Waals surface area contributed by atoms with Gasteiger partial charge in [0.1, 0.15) is 5.82 Å². The number of piperidine rings is 1. The van der Waals surface area contributed by atoms with Crippen molar-refractivity contribution in [2.24, 2.45) is 0 Å². The molecule has 3 heterocycles. The number of carbonyl (C=O) groups is 1. The Kier molecular flexibility index (Phi) is 5.79. The second-order valence-corrected chi connectivity index (χ2v) is 7.85. The number of rotatable bonds is 5. The maximum absolute atomic E-state index is 12.9. The van der Waals surface area contributed by atoms with E-state index in [0.29, 0.717) is 11.6 Å². The lowest BCUT2D eigenvalue weighted by molar-refractivity contribution is 0.0607. The summed E-state index contributed by atoms with van der Waals surface area (Å²) in [6.45, 7) is 5.33. The van der Waals surface area contributed by atoms with Gasteiger partial charge in [-0.3, -0.25) is 4.79 Å². The average molecular weight is 379 g/mol. The monoisotopic (exact) mass is 378 g/mol. The van der Waals surface area contributed by atoms with E-state index in [4.69, 9.17) is 0 Å². The number of likely N-dealkylation sites (tertiary alicyclic amines) is 1. The van der Waals surface area contributed by atoms with E-state index in [0.717, 1.165) is 50.4 Å². The molecule has 2 fully saturated rings. The third-order valence-corrected chi connectivity index (χ3v) is 5.98. The Labute approximate surface area is 167 Å². The predicted molar refractivity (Wildman–Crippen MR) is 114 cm³/mol. The molecule has 5 heteroatoms. The highest BCUT2D eigenvalue weighted by atomic mass is 16.2. The molecule has 1 aromatic heterocycles. The molecule has 2 aliphatic heterocycles. The first-order valence-electron chi connectivity index (χ1n) is 10.6. The van der Waals surface area contributed by atoms with Gasteiger partial charge in [-0.25, -0.2) is 4.98 Å². The first-order valence-corrected chi connectivity index (χ1v) is 10.6. The Morgan fingerprint density at radius 1 is 1.04 bits per heavy atom. The van der Waals surface area contributed by atoms with Crippen molar-refractivity contribution >= 4 is 23.1 Å². The van der Waals surface area contributed by atoms with Crippen molar-refractivity contribution in [2.45, 2.75) is 51.5 Å². The zero-order valence-corrected chi connectivity index (χ0v) is 16.7. The Morgan fingerprint density at radius 3 is 2.46 bits per heavy atom. The second kappa shape index (κ2) is 8.63. The maximum Gasteiger partial charge on any atom is 0.255 e. The fourth-order valence-corrected chi connectivity index (χ4v) is 4.33. The second-order valence-electron chi connectivity index (χ2n) is 7.85. The van der Waals surface area contributed by atoms with Gasteiger partial charge in [0.25, 0.3) is 5.91 Å². The van der Waals surface area contributed by atoms with Gasteiger partial charge in [-0.1, -0.05) is 6.92 Å². The quantitative estimate of drug-likeness (QED) is 0.809. The fraction of sp³-hybridized carbons (Fsp3) is 0.478. The SMILES string of the molecule is CCC1CCCCN1C(=O)c1ccc(Nc2ccc(N3CCCC3)cc2)nc1. The van der Waals surface area contributed by atoms with Crippen LogP contribution >= 0.6 is 0 Å². The molecule has 1 atom stereocenters. The van der Waals surface area contributed by atoms with Gasteiger partial charge in [0.05, 0.1) is 5.56 Å². The standard InChI is InChI=1S/C23H30N4O/c1-2-20-7-3-4-16-27(20)23(28)18-8-13-22(24-17-18)25-19-9-11-21(12-10-19)26-14-5-6-15-26/h8-13,17,20H,2-7,14-16H2,1H3,(H,24,25). The molecule has 2 saturated heterocycles. The van der Waals surface area contributed by atoms with Gasteiger partial charge in [-0.15, -0.1) is 0 Å². The lowest BCUT2D eigenvalue weighted by Gasteiger charge is -2.35. The normalized spacial score (nSPS) is 19.7. The van der Waals surface area contributed by atoms with Crippen LogP contribution in [0.5, 0.6) is 0 Å². The number of carbonyl (C=O) groups excluding carboxylic acids is 1. The first-order chi connectivity index (χ1) is 13.7. The molecule has 2 aromatic rings. The Morgan fingerprint density at radius 2 is 1.79 bits per heavy atom. The summed E-state index contributed by atoms with van der Waals surface area (Å²) in [4.78, 5) is 21.8. The minimum absolute atomic E-state index is 0.112. The molecule has 1 unspecified atom stereocenters. The fourth-order valence-electron chi connectivity index (χ4n) is 4.33. The highest BCUT2D eigenvalue weighted by Crippen LogP contribution is 2.24. The van der Waals surface area contributed by atoms with E-state index in [1.165, 1.54) is 24.9 Å². The molecule has 4 rings (SSSR count). The summed E-state index contributed by atoms with van der Waals surface area (Å²) >= 11 is 0. The van der Waals surface area contributed by atoms with Crippen LogP contribution in [0.15, 0.2) is 42.6 Å². The lowest BCUT2D eigenvalue weighted by atomic mass is 9.99. The number of nitrogens with zero attached hydrogens (tertiary/aromatic N) is 3. The number of anilines is 3. The number of aromatic nitrogens is 1. The van der Waals surface area contributed by atoms with Crippen LogP contribution < -0.4 is 10.2 Å². The number of nitrogens with one attached hydrogen (secondary N) is 1. The molecule has 0 radical (unpaired) electrons. The van der Waals surface area contributed by atoms with Crippen LogP contribution in [0, 0.1) is 0 Å². The molecule has 0 spiro atoms.